The van der Waals surface area contributed by atoms with E-state index in [4.69, 9.17) is 0 Å². The number of aryl methyl sites for hydroxylation is 1. The Hall–Kier alpha value is -4.25. The Bertz CT molecular complexity index is 1390. The van der Waals surface area contributed by atoms with E-state index in [1.807, 2.05) is 31.2 Å². The summed E-state index contributed by atoms with van der Waals surface area (Å²) >= 11 is 0. The topological polar surface area (TPSA) is 130 Å². The molecule has 0 bridgehead atoms. The van der Waals surface area contributed by atoms with Gasteiger partial charge in [-0.2, -0.15) is 0 Å². The molecule has 10 nitrogen and oxygen atoms in total. The predicted molar refractivity (Wildman–Crippen MR) is 144 cm³/mol. The van der Waals surface area contributed by atoms with Crippen LogP contribution in [0.2, 0.25) is 0 Å². The number of likely N-dealkylation sites (N-methyl/N-ethyl adjacent to an activating group) is 1. The highest BCUT2D eigenvalue weighted by Gasteiger charge is 2.33. The van der Waals surface area contributed by atoms with Gasteiger partial charge in [-0.1, -0.05) is 61.0 Å². The maximum absolute atomic E-state index is 13.8. The fourth-order valence-electron chi connectivity index (χ4n) is 3.99. The molecule has 0 fully saturated rings. The Balaban J connectivity index is 2.08. The van der Waals surface area contributed by atoms with Crippen LogP contribution in [0.5, 0.6) is 0 Å². The third-order valence-electron chi connectivity index (χ3n) is 6.04. The van der Waals surface area contributed by atoms with Crippen molar-refractivity contribution in [3.63, 3.8) is 0 Å². The van der Waals surface area contributed by atoms with Crippen LogP contribution < -0.4 is 9.62 Å². The lowest BCUT2D eigenvalue weighted by molar-refractivity contribution is -0.384. The highest BCUT2D eigenvalue weighted by Crippen LogP contribution is 2.27. The number of carbonyl (C=O) groups excluding carboxylic acids is 2. The van der Waals surface area contributed by atoms with Gasteiger partial charge in [-0.15, -0.1) is 0 Å². The SMILES string of the molecule is CC[C@@H](C(=O)NC)N(Cc1ccc(C)cc1)C(=O)CN(c1cccc([N+](=O)[O-])c1)S(=O)(=O)c1ccccc1. The van der Waals surface area contributed by atoms with Gasteiger partial charge in [0.1, 0.15) is 12.6 Å². The molecule has 200 valence electrons. The summed E-state index contributed by atoms with van der Waals surface area (Å²) in [4.78, 5) is 38.6. The van der Waals surface area contributed by atoms with Crippen molar-refractivity contribution in [2.45, 2.75) is 37.8 Å². The maximum atomic E-state index is 13.8. The minimum atomic E-state index is -4.30. The molecule has 3 aromatic rings. The Labute approximate surface area is 222 Å². The zero-order valence-corrected chi connectivity index (χ0v) is 22.2. The van der Waals surface area contributed by atoms with Gasteiger partial charge in [0, 0.05) is 25.7 Å². The number of sulfonamides is 1. The van der Waals surface area contributed by atoms with Gasteiger partial charge in [0.2, 0.25) is 11.8 Å². The third kappa shape index (κ3) is 6.54. The number of rotatable bonds is 11. The van der Waals surface area contributed by atoms with Crippen molar-refractivity contribution in [1.82, 2.24) is 10.2 Å². The van der Waals surface area contributed by atoms with Gasteiger partial charge >= 0.3 is 0 Å². The molecule has 3 aromatic carbocycles. The summed E-state index contributed by atoms with van der Waals surface area (Å²) < 4.78 is 28.3. The number of hydrogen-bond acceptors (Lipinski definition) is 6. The van der Waals surface area contributed by atoms with Crippen molar-refractivity contribution in [3.8, 4) is 0 Å². The Morgan fingerprint density at radius 2 is 1.66 bits per heavy atom. The fraction of sp³-hybridized carbons (Fsp3) is 0.259. The molecule has 0 saturated heterocycles. The first kappa shape index (κ1) is 28.3. The first-order valence-electron chi connectivity index (χ1n) is 12.0. The number of anilines is 1. The zero-order chi connectivity index (χ0) is 27.9. The van der Waals surface area contributed by atoms with Crippen molar-refractivity contribution >= 4 is 33.2 Å². The van der Waals surface area contributed by atoms with Crippen LogP contribution in [-0.2, 0) is 26.2 Å². The normalized spacial score (nSPS) is 11.9. The van der Waals surface area contributed by atoms with Crippen LogP contribution in [0.25, 0.3) is 0 Å². The standard InChI is InChI=1S/C27H30N4O6S/c1-4-25(27(33)28-3)29(18-21-15-13-20(2)14-16-21)26(32)19-30(22-9-8-10-23(17-22)31(34)35)38(36,37)24-11-6-5-7-12-24/h5-17,25H,4,18-19H2,1-3H3,(H,28,33)/t25-/m0/s1. The van der Waals surface area contributed by atoms with Crippen LogP contribution >= 0.6 is 0 Å². The minimum Gasteiger partial charge on any atom is -0.357 e. The van der Waals surface area contributed by atoms with Gasteiger partial charge in [0.25, 0.3) is 15.7 Å². The summed E-state index contributed by atoms with van der Waals surface area (Å²) in [6.07, 6.45) is 0.291. The molecule has 0 radical (unpaired) electrons. The molecule has 0 aliphatic heterocycles. The molecule has 3 rings (SSSR count). The van der Waals surface area contributed by atoms with E-state index in [9.17, 15) is 28.1 Å². The second-order valence-corrected chi connectivity index (χ2v) is 10.5. The number of carbonyl (C=O) groups is 2. The lowest BCUT2D eigenvalue weighted by Crippen LogP contribution is -2.51. The maximum Gasteiger partial charge on any atom is 0.271 e. The van der Waals surface area contributed by atoms with Crippen LogP contribution in [0, 0.1) is 17.0 Å². The number of nitrogens with zero attached hydrogens (tertiary/aromatic N) is 3. The highest BCUT2D eigenvalue weighted by atomic mass is 32.2. The lowest BCUT2D eigenvalue weighted by Gasteiger charge is -2.33. The molecule has 2 amide bonds. The van der Waals surface area contributed by atoms with E-state index in [2.05, 4.69) is 5.32 Å². The van der Waals surface area contributed by atoms with Gasteiger partial charge < -0.3 is 10.2 Å². The number of hydrogen-bond donors (Lipinski definition) is 1. The lowest BCUT2D eigenvalue weighted by atomic mass is 10.1. The van der Waals surface area contributed by atoms with E-state index in [1.165, 1.54) is 42.3 Å². The Kier molecular flexibility index (Phi) is 9.19. The molecule has 11 heteroatoms. The Morgan fingerprint density at radius 1 is 1.00 bits per heavy atom. The molecule has 0 aliphatic rings. The monoisotopic (exact) mass is 538 g/mol. The molecule has 1 atom stereocenters. The van der Waals surface area contributed by atoms with Crippen molar-refractivity contribution < 1.29 is 22.9 Å². The summed E-state index contributed by atoms with van der Waals surface area (Å²) in [6, 6.07) is 19.2. The first-order valence-corrected chi connectivity index (χ1v) is 13.4. The second-order valence-electron chi connectivity index (χ2n) is 8.65. The van der Waals surface area contributed by atoms with Crippen molar-refractivity contribution in [1.29, 1.82) is 0 Å². The molecule has 1 N–H and O–H groups in total. The summed E-state index contributed by atoms with van der Waals surface area (Å²) in [5.74, 6) is -1.02. The minimum absolute atomic E-state index is 0.0420. The quantitative estimate of drug-likeness (QED) is 0.293. The van der Waals surface area contributed by atoms with Gasteiger partial charge in [-0.25, -0.2) is 8.42 Å². The van der Waals surface area contributed by atoms with Gasteiger partial charge in [-0.05, 0) is 37.1 Å². The number of amides is 2. The average molecular weight is 539 g/mol. The van der Waals surface area contributed by atoms with E-state index in [-0.39, 0.29) is 28.7 Å². The summed E-state index contributed by atoms with van der Waals surface area (Å²) in [5.41, 5.74) is 1.42. The number of nitrogens with one attached hydrogen (secondary N) is 1. The molecule has 0 unspecified atom stereocenters. The molecule has 38 heavy (non-hydrogen) atoms. The highest BCUT2D eigenvalue weighted by molar-refractivity contribution is 7.92. The summed E-state index contributed by atoms with van der Waals surface area (Å²) in [5, 5.41) is 14.0. The zero-order valence-electron chi connectivity index (χ0n) is 21.4. The summed E-state index contributed by atoms with van der Waals surface area (Å²) in [6.45, 7) is 3.09. The average Bonchev–Trinajstić information content (AvgIpc) is 2.92. The van der Waals surface area contributed by atoms with Gasteiger partial charge in [0.05, 0.1) is 15.5 Å². The van der Waals surface area contributed by atoms with Crippen molar-refractivity contribution in [2.75, 3.05) is 17.9 Å². The van der Waals surface area contributed by atoms with Crippen LogP contribution in [0.4, 0.5) is 11.4 Å². The molecular weight excluding hydrogens is 508 g/mol. The smallest absolute Gasteiger partial charge is 0.271 e. The van der Waals surface area contributed by atoms with Gasteiger partial charge in [-0.3, -0.25) is 24.0 Å². The fourth-order valence-corrected chi connectivity index (χ4v) is 5.41. The van der Waals surface area contributed by atoms with Crippen molar-refractivity contribution in [2.24, 2.45) is 0 Å². The summed E-state index contributed by atoms with van der Waals surface area (Å²) in [7, 11) is -2.83. The Morgan fingerprint density at radius 3 is 2.24 bits per heavy atom. The van der Waals surface area contributed by atoms with E-state index < -0.39 is 33.4 Å². The van der Waals surface area contributed by atoms with Gasteiger partial charge in [0.15, 0.2) is 0 Å². The van der Waals surface area contributed by atoms with E-state index in [0.717, 1.165) is 21.5 Å². The first-order chi connectivity index (χ1) is 18.1. The third-order valence-corrected chi connectivity index (χ3v) is 7.83. The van der Waals surface area contributed by atoms with Crippen LogP contribution in [0.15, 0.2) is 83.8 Å². The van der Waals surface area contributed by atoms with E-state index >= 15 is 0 Å². The largest absolute Gasteiger partial charge is 0.357 e. The number of benzene rings is 3. The molecule has 0 spiro atoms. The van der Waals surface area contributed by atoms with Crippen LogP contribution in [0.1, 0.15) is 24.5 Å². The number of non-ortho nitro benzene ring substituents is 1. The molecule has 0 saturated carbocycles. The second kappa shape index (κ2) is 12.3. The predicted octanol–water partition coefficient (Wildman–Crippen LogP) is 3.65. The molecule has 0 aliphatic carbocycles. The molecule has 0 heterocycles. The number of nitro groups is 1. The molecular formula is C27H30N4O6S. The van der Waals surface area contributed by atoms with E-state index in [0.29, 0.717) is 6.42 Å². The van der Waals surface area contributed by atoms with Crippen LogP contribution in [-0.4, -0.2) is 49.7 Å². The van der Waals surface area contributed by atoms with E-state index in [1.54, 1.807) is 25.1 Å². The van der Waals surface area contributed by atoms with Crippen LogP contribution in [0.3, 0.4) is 0 Å². The number of nitro benzene ring substituents is 1. The molecule has 0 aromatic heterocycles. The van der Waals surface area contributed by atoms with Crippen molar-refractivity contribution in [3.05, 3.63) is 100 Å².